The van der Waals surface area contributed by atoms with E-state index in [0.717, 1.165) is 49.1 Å². The van der Waals surface area contributed by atoms with Crippen molar-refractivity contribution in [3.8, 4) is 0 Å². The predicted molar refractivity (Wildman–Crippen MR) is 123 cm³/mol. The molecule has 2 aromatic carbocycles. The van der Waals surface area contributed by atoms with Crippen LogP contribution in [0.2, 0.25) is 5.02 Å². The molecule has 30 heavy (non-hydrogen) atoms. The van der Waals surface area contributed by atoms with E-state index in [-0.39, 0.29) is 0 Å². The topological polar surface area (TPSA) is 45.1 Å². The van der Waals surface area contributed by atoms with Gasteiger partial charge in [0.1, 0.15) is 0 Å². The fourth-order valence-electron chi connectivity index (χ4n) is 4.15. The molecule has 1 aliphatic heterocycles. The summed E-state index contributed by atoms with van der Waals surface area (Å²) in [6.45, 7) is 3.76. The van der Waals surface area contributed by atoms with Crippen LogP contribution in [0.25, 0.3) is 0 Å². The molecule has 156 valence electrons. The molecule has 5 rings (SSSR count). The molecule has 1 saturated carbocycles. The van der Waals surface area contributed by atoms with E-state index in [9.17, 15) is 0 Å². The summed E-state index contributed by atoms with van der Waals surface area (Å²) in [5.41, 5.74) is 6.18. The van der Waals surface area contributed by atoms with Crippen LogP contribution in [0.4, 0.5) is 11.4 Å². The Morgan fingerprint density at radius 3 is 2.70 bits per heavy atom. The van der Waals surface area contributed by atoms with E-state index in [1.165, 1.54) is 35.2 Å². The summed E-state index contributed by atoms with van der Waals surface area (Å²) in [6.07, 6.45) is 8.51. The van der Waals surface area contributed by atoms with Gasteiger partial charge in [0.2, 0.25) is 0 Å². The Bertz CT molecular complexity index is 980. The Kier molecular flexibility index (Phi) is 5.65. The molecule has 0 atom stereocenters. The number of aromatic nitrogens is 2. The van der Waals surface area contributed by atoms with E-state index in [4.69, 9.17) is 11.6 Å². The Labute approximate surface area is 183 Å². The average Bonchev–Trinajstić information content (AvgIpc) is 3.50. The minimum Gasteiger partial charge on any atom is -0.385 e. The molecule has 2 aliphatic rings. The zero-order valence-corrected chi connectivity index (χ0v) is 17.9. The van der Waals surface area contributed by atoms with Crippen LogP contribution in [0.1, 0.15) is 29.5 Å². The standard InChI is InChI=1S/C24H28ClN5/c25-23-9-6-20-10-13-26-14-11-22(20)24(23)29(30-15-1-12-28-30)17-19-4-7-21(8-5-19)27-16-18-2-3-18/h1,4-9,12,15,18,26-27H,2-3,10-11,13-14,16-17H2. The number of rotatable bonds is 7. The SMILES string of the molecule is Clc1ccc2c(c1N(Cc1ccc(NCC3CC3)cc1)n1cccn1)CCNCC2. The second kappa shape index (κ2) is 8.70. The van der Waals surface area contributed by atoms with E-state index in [1.54, 1.807) is 0 Å². The molecule has 1 aromatic heterocycles. The van der Waals surface area contributed by atoms with Crippen molar-refractivity contribution in [2.75, 3.05) is 30.0 Å². The first-order valence-electron chi connectivity index (χ1n) is 10.9. The lowest BCUT2D eigenvalue weighted by Crippen LogP contribution is -2.31. The zero-order chi connectivity index (χ0) is 20.3. The molecule has 5 nitrogen and oxygen atoms in total. The molecule has 3 aromatic rings. The highest BCUT2D eigenvalue weighted by atomic mass is 35.5. The first-order chi connectivity index (χ1) is 14.8. The van der Waals surface area contributed by atoms with Crippen LogP contribution in [0, 0.1) is 5.92 Å². The number of hydrogen-bond donors (Lipinski definition) is 2. The fraction of sp³-hybridized carbons (Fsp3) is 0.375. The highest BCUT2D eigenvalue weighted by Crippen LogP contribution is 2.35. The van der Waals surface area contributed by atoms with Crippen LogP contribution < -0.4 is 15.6 Å². The maximum atomic E-state index is 6.78. The number of benzene rings is 2. The summed E-state index contributed by atoms with van der Waals surface area (Å²) in [6, 6.07) is 14.9. The van der Waals surface area contributed by atoms with Crippen LogP contribution >= 0.6 is 11.6 Å². The van der Waals surface area contributed by atoms with Gasteiger partial charge in [-0.05, 0) is 85.6 Å². The monoisotopic (exact) mass is 421 g/mol. The lowest BCUT2D eigenvalue weighted by molar-refractivity contribution is 0.608. The summed E-state index contributed by atoms with van der Waals surface area (Å²) in [4.78, 5) is 1.90. The quantitative estimate of drug-likeness (QED) is 0.588. The van der Waals surface area contributed by atoms with Crippen LogP contribution in [0.15, 0.2) is 54.9 Å². The number of nitrogens with zero attached hydrogens (tertiary/aromatic N) is 3. The molecule has 0 amide bonds. The molecule has 6 heteroatoms. The highest BCUT2D eigenvalue weighted by molar-refractivity contribution is 6.33. The largest absolute Gasteiger partial charge is 0.385 e. The van der Waals surface area contributed by atoms with Gasteiger partial charge in [0.25, 0.3) is 0 Å². The number of anilines is 2. The number of fused-ring (bicyclic) bond motifs is 1. The van der Waals surface area contributed by atoms with E-state index >= 15 is 0 Å². The number of hydrogen-bond acceptors (Lipinski definition) is 4. The van der Waals surface area contributed by atoms with Gasteiger partial charge in [0, 0.05) is 18.4 Å². The van der Waals surface area contributed by atoms with Crippen molar-refractivity contribution in [1.29, 1.82) is 0 Å². The van der Waals surface area contributed by atoms with Crippen LogP contribution in [0.3, 0.4) is 0 Å². The molecule has 1 fully saturated rings. The van der Waals surface area contributed by atoms with Crippen LogP contribution in [-0.2, 0) is 19.4 Å². The summed E-state index contributed by atoms with van der Waals surface area (Å²) in [5, 5.41) is 14.5. The molecule has 2 N–H and O–H groups in total. The maximum absolute atomic E-state index is 6.78. The molecule has 1 aliphatic carbocycles. The summed E-state index contributed by atoms with van der Waals surface area (Å²) in [7, 11) is 0. The normalized spacial score (nSPS) is 16.0. The predicted octanol–water partition coefficient (Wildman–Crippen LogP) is 4.52. The number of nitrogens with one attached hydrogen (secondary N) is 2. The van der Waals surface area contributed by atoms with E-state index in [1.807, 2.05) is 29.3 Å². The maximum Gasteiger partial charge on any atom is 0.0819 e. The smallest absolute Gasteiger partial charge is 0.0819 e. The van der Waals surface area contributed by atoms with Gasteiger partial charge in [-0.1, -0.05) is 29.8 Å². The Balaban J connectivity index is 1.45. The van der Waals surface area contributed by atoms with Gasteiger partial charge in [-0.15, -0.1) is 0 Å². The first-order valence-corrected chi connectivity index (χ1v) is 11.3. The molecule has 2 heterocycles. The van der Waals surface area contributed by atoms with Gasteiger partial charge in [-0.25, -0.2) is 0 Å². The summed E-state index contributed by atoms with van der Waals surface area (Å²) < 4.78 is 0. The first kappa shape index (κ1) is 19.5. The summed E-state index contributed by atoms with van der Waals surface area (Å²) >= 11 is 6.78. The average molecular weight is 422 g/mol. The molecule has 0 saturated heterocycles. The van der Waals surface area contributed by atoms with Crippen molar-refractivity contribution in [2.45, 2.75) is 32.2 Å². The van der Waals surface area contributed by atoms with Crippen molar-refractivity contribution < 1.29 is 0 Å². The van der Waals surface area contributed by atoms with E-state index in [0.29, 0.717) is 6.54 Å². The Hall–Kier alpha value is -2.50. The third-order valence-electron chi connectivity index (χ3n) is 6.03. The van der Waals surface area contributed by atoms with Crippen molar-refractivity contribution >= 4 is 23.0 Å². The lowest BCUT2D eigenvalue weighted by atomic mass is 10.00. The van der Waals surface area contributed by atoms with Gasteiger partial charge in [0.05, 0.1) is 23.5 Å². The van der Waals surface area contributed by atoms with Crippen molar-refractivity contribution in [2.24, 2.45) is 5.92 Å². The van der Waals surface area contributed by atoms with Crippen molar-refractivity contribution in [3.63, 3.8) is 0 Å². The van der Waals surface area contributed by atoms with Gasteiger partial charge in [0.15, 0.2) is 0 Å². The molecule has 0 unspecified atom stereocenters. The van der Waals surface area contributed by atoms with E-state index < -0.39 is 0 Å². The molecular weight excluding hydrogens is 394 g/mol. The van der Waals surface area contributed by atoms with Gasteiger partial charge in [-0.3, -0.25) is 5.01 Å². The van der Waals surface area contributed by atoms with Gasteiger partial charge >= 0.3 is 0 Å². The molecule has 0 bridgehead atoms. The second-order valence-electron chi connectivity index (χ2n) is 8.29. The minimum atomic E-state index is 0.703. The van der Waals surface area contributed by atoms with Crippen LogP contribution in [0.5, 0.6) is 0 Å². The van der Waals surface area contributed by atoms with Gasteiger partial charge < -0.3 is 10.6 Å². The second-order valence-corrected chi connectivity index (χ2v) is 8.70. The third-order valence-corrected chi connectivity index (χ3v) is 6.33. The third kappa shape index (κ3) is 4.32. The fourth-order valence-corrected chi connectivity index (χ4v) is 4.42. The lowest BCUT2D eigenvalue weighted by Gasteiger charge is -2.29. The Morgan fingerprint density at radius 1 is 1.10 bits per heavy atom. The van der Waals surface area contributed by atoms with Crippen molar-refractivity contribution in [1.82, 2.24) is 15.2 Å². The molecule has 0 spiro atoms. The minimum absolute atomic E-state index is 0.703. The summed E-state index contributed by atoms with van der Waals surface area (Å²) in [5.74, 6) is 0.866. The molecular formula is C24H28ClN5. The van der Waals surface area contributed by atoms with Crippen molar-refractivity contribution in [3.05, 3.63) is 76.6 Å². The van der Waals surface area contributed by atoms with Gasteiger partial charge in [-0.2, -0.15) is 9.89 Å². The van der Waals surface area contributed by atoms with Crippen LogP contribution in [-0.4, -0.2) is 29.5 Å². The highest BCUT2D eigenvalue weighted by Gasteiger charge is 2.22. The van der Waals surface area contributed by atoms with E-state index in [2.05, 4.69) is 51.1 Å². The zero-order valence-electron chi connectivity index (χ0n) is 17.1. The number of halogens is 1. The Morgan fingerprint density at radius 2 is 1.93 bits per heavy atom. The molecule has 0 radical (unpaired) electrons.